The van der Waals surface area contributed by atoms with Crippen molar-refractivity contribution in [2.24, 2.45) is 0 Å². The van der Waals surface area contributed by atoms with Crippen LogP contribution < -0.4 is 0 Å². The molecule has 0 fully saturated rings. The number of imidazole rings is 1. The fourth-order valence-electron chi connectivity index (χ4n) is 1.84. The molecular weight excluding hydrogens is 296 g/mol. The summed E-state index contributed by atoms with van der Waals surface area (Å²) < 4.78 is 10.9. The van der Waals surface area contributed by atoms with Crippen molar-refractivity contribution in [2.75, 3.05) is 7.11 Å². The molecule has 5 nitrogen and oxygen atoms in total. The SMILES string of the molecule is COC(=O)c1ccc2nc(CO[Si](C)(C)C(C)(C)C)[nH]c2c1. The number of esters is 1. The van der Waals surface area contributed by atoms with Gasteiger partial charge in [0.05, 0.1) is 30.3 Å². The van der Waals surface area contributed by atoms with Crippen molar-refractivity contribution in [3.8, 4) is 0 Å². The van der Waals surface area contributed by atoms with E-state index in [-0.39, 0.29) is 11.0 Å². The first-order valence-corrected chi connectivity index (χ1v) is 10.3. The Kier molecular flexibility index (Phi) is 4.44. The van der Waals surface area contributed by atoms with Gasteiger partial charge >= 0.3 is 5.97 Å². The van der Waals surface area contributed by atoms with Crippen LogP contribution in [0.3, 0.4) is 0 Å². The van der Waals surface area contributed by atoms with Gasteiger partial charge in [-0.2, -0.15) is 0 Å². The van der Waals surface area contributed by atoms with Crippen LogP contribution in [-0.4, -0.2) is 31.4 Å². The Bertz CT molecular complexity index is 686. The number of aromatic amines is 1. The zero-order valence-corrected chi connectivity index (χ0v) is 15.1. The van der Waals surface area contributed by atoms with E-state index in [1.54, 1.807) is 12.1 Å². The van der Waals surface area contributed by atoms with Crippen LogP contribution in [-0.2, 0) is 15.8 Å². The lowest BCUT2D eigenvalue weighted by Gasteiger charge is -2.35. The van der Waals surface area contributed by atoms with Crippen LogP contribution in [0.2, 0.25) is 18.1 Å². The summed E-state index contributed by atoms with van der Waals surface area (Å²) in [5.41, 5.74) is 2.15. The standard InChI is InChI=1S/C16H24N2O3Si/c1-16(2,3)22(5,6)21-10-14-17-12-8-7-11(15(19)20-4)9-13(12)18-14/h7-9H,10H2,1-6H3,(H,17,18). The van der Waals surface area contributed by atoms with Gasteiger partial charge in [-0.1, -0.05) is 20.8 Å². The molecule has 1 aromatic heterocycles. The number of fused-ring (bicyclic) bond motifs is 1. The summed E-state index contributed by atoms with van der Waals surface area (Å²) in [6.07, 6.45) is 0. The number of carbonyl (C=O) groups is 1. The van der Waals surface area contributed by atoms with Crippen molar-refractivity contribution >= 4 is 25.3 Å². The van der Waals surface area contributed by atoms with E-state index >= 15 is 0 Å². The molecule has 0 aliphatic carbocycles. The van der Waals surface area contributed by atoms with Crippen molar-refractivity contribution in [3.63, 3.8) is 0 Å². The highest BCUT2D eigenvalue weighted by molar-refractivity contribution is 6.74. The predicted octanol–water partition coefficient (Wildman–Crippen LogP) is 3.87. The van der Waals surface area contributed by atoms with Crippen molar-refractivity contribution in [1.82, 2.24) is 9.97 Å². The van der Waals surface area contributed by atoms with Gasteiger partial charge in [0, 0.05) is 0 Å². The number of nitrogens with zero attached hydrogens (tertiary/aromatic N) is 1. The normalized spacial score (nSPS) is 12.6. The molecule has 1 heterocycles. The summed E-state index contributed by atoms with van der Waals surface area (Å²) in [6, 6.07) is 5.28. The van der Waals surface area contributed by atoms with Gasteiger partial charge in [0.15, 0.2) is 8.32 Å². The van der Waals surface area contributed by atoms with Crippen LogP contribution in [0, 0.1) is 0 Å². The highest BCUT2D eigenvalue weighted by Crippen LogP contribution is 2.37. The quantitative estimate of drug-likeness (QED) is 0.686. The van der Waals surface area contributed by atoms with Gasteiger partial charge in [-0.25, -0.2) is 9.78 Å². The van der Waals surface area contributed by atoms with E-state index in [1.165, 1.54) is 7.11 Å². The van der Waals surface area contributed by atoms with Crippen LogP contribution in [0.15, 0.2) is 18.2 Å². The molecule has 0 saturated carbocycles. The van der Waals surface area contributed by atoms with Crippen molar-refractivity contribution < 1.29 is 14.0 Å². The second kappa shape index (κ2) is 5.85. The lowest BCUT2D eigenvalue weighted by molar-refractivity contribution is 0.0601. The third-order valence-electron chi connectivity index (χ3n) is 4.33. The molecule has 0 bridgehead atoms. The lowest BCUT2D eigenvalue weighted by atomic mass is 10.2. The summed E-state index contributed by atoms with van der Waals surface area (Å²) >= 11 is 0. The molecule has 1 aromatic carbocycles. The van der Waals surface area contributed by atoms with Crippen molar-refractivity contribution in [3.05, 3.63) is 29.6 Å². The molecule has 2 rings (SSSR count). The molecule has 6 heteroatoms. The maximum absolute atomic E-state index is 11.6. The van der Waals surface area contributed by atoms with E-state index in [9.17, 15) is 4.79 Å². The number of aromatic nitrogens is 2. The summed E-state index contributed by atoms with van der Waals surface area (Å²) in [5.74, 6) is 0.428. The summed E-state index contributed by atoms with van der Waals surface area (Å²) in [7, 11) is -0.432. The zero-order chi connectivity index (χ0) is 16.5. The van der Waals surface area contributed by atoms with E-state index in [4.69, 9.17) is 9.16 Å². The maximum Gasteiger partial charge on any atom is 0.337 e. The molecule has 0 amide bonds. The van der Waals surface area contributed by atoms with Crippen LogP contribution in [0.4, 0.5) is 0 Å². The Morgan fingerprint density at radius 2 is 2.00 bits per heavy atom. The topological polar surface area (TPSA) is 64.2 Å². The molecule has 0 saturated heterocycles. The molecule has 0 aliphatic rings. The largest absolute Gasteiger partial charge is 0.465 e. The Morgan fingerprint density at radius 3 is 2.59 bits per heavy atom. The summed E-state index contributed by atoms with van der Waals surface area (Å²) in [6.45, 7) is 11.5. The third-order valence-corrected chi connectivity index (χ3v) is 8.81. The number of nitrogens with one attached hydrogen (secondary N) is 1. The number of benzene rings is 1. The minimum atomic E-state index is -1.81. The van der Waals surface area contributed by atoms with Gasteiger partial charge in [-0.05, 0) is 36.3 Å². The molecule has 0 atom stereocenters. The van der Waals surface area contributed by atoms with Gasteiger partial charge in [-0.3, -0.25) is 0 Å². The Balaban J connectivity index is 2.18. The molecule has 22 heavy (non-hydrogen) atoms. The highest BCUT2D eigenvalue weighted by Gasteiger charge is 2.37. The van der Waals surface area contributed by atoms with Crippen molar-refractivity contribution in [1.29, 1.82) is 0 Å². The zero-order valence-electron chi connectivity index (χ0n) is 14.1. The van der Waals surface area contributed by atoms with Gasteiger partial charge < -0.3 is 14.1 Å². The fraction of sp³-hybridized carbons (Fsp3) is 0.500. The number of methoxy groups -OCH3 is 1. The van der Waals surface area contributed by atoms with Gasteiger partial charge in [0.2, 0.25) is 0 Å². The first kappa shape index (κ1) is 16.7. The second-order valence-corrected chi connectivity index (χ2v) is 11.8. The molecule has 2 aromatic rings. The first-order chi connectivity index (χ1) is 10.1. The van der Waals surface area contributed by atoms with Crippen LogP contribution in [0.5, 0.6) is 0 Å². The number of rotatable bonds is 4. The average Bonchev–Trinajstić information content (AvgIpc) is 2.85. The second-order valence-electron chi connectivity index (χ2n) is 6.96. The highest BCUT2D eigenvalue weighted by atomic mass is 28.4. The number of H-pyrrole nitrogens is 1. The van der Waals surface area contributed by atoms with Crippen LogP contribution >= 0.6 is 0 Å². The average molecular weight is 320 g/mol. The van der Waals surface area contributed by atoms with E-state index in [0.717, 1.165) is 16.9 Å². The smallest absolute Gasteiger partial charge is 0.337 e. The van der Waals surface area contributed by atoms with Gasteiger partial charge in [0.1, 0.15) is 5.82 Å². The number of carbonyl (C=O) groups excluding carboxylic acids is 1. The Morgan fingerprint density at radius 1 is 1.32 bits per heavy atom. The third kappa shape index (κ3) is 3.39. The van der Waals surface area contributed by atoms with Gasteiger partial charge in [0.25, 0.3) is 0 Å². The molecule has 0 radical (unpaired) electrons. The monoisotopic (exact) mass is 320 g/mol. The summed E-state index contributed by atoms with van der Waals surface area (Å²) in [4.78, 5) is 19.3. The molecular formula is C16H24N2O3Si. The lowest BCUT2D eigenvalue weighted by Crippen LogP contribution is -2.40. The van der Waals surface area contributed by atoms with E-state index in [0.29, 0.717) is 12.2 Å². The van der Waals surface area contributed by atoms with Crippen LogP contribution in [0.25, 0.3) is 11.0 Å². The Hall–Kier alpha value is -1.66. The molecule has 120 valence electrons. The molecule has 0 spiro atoms. The fourth-order valence-corrected chi connectivity index (χ4v) is 2.77. The maximum atomic E-state index is 11.6. The van der Waals surface area contributed by atoms with Crippen molar-refractivity contribution in [2.45, 2.75) is 45.5 Å². The number of hydrogen-bond donors (Lipinski definition) is 1. The van der Waals surface area contributed by atoms with E-state index in [2.05, 4.69) is 43.8 Å². The van der Waals surface area contributed by atoms with Crippen LogP contribution in [0.1, 0.15) is 37.0 Å². The van der Waals surface area contributed by atoms with Gasteiger partial charge in [-0.15, -0.1) is 0 Å². The van der Waals surface area contributed by atoms with E-state index < -0.39 is 8.32 Å². The molecule has 0 aliphatic heterocycles. The molecule has 1 N–H and O–H groups in total. The minimum absolute atomic E-state index is 0.164. The number of ether oxygens (including phenoxy) is 1. The molecule has 0 unspecified atom stereocenters. The predicted molar refractivity (Wildman–Crippen MR) is 89.4 cm³/mol. The first-order valence-electron chi connectivity index (χ1n) is 7.35. The number of hydrogen-bond acceptors (Lipinski definition) is 4. The minimum Gasteiger partial charge on any atom is -0.465 e. The Labute approximate surface area is 132 Å². The summed E-state index contributed by atoms with van der Waals surface area (Å²) in [5, 5.41) is 0.164. The van der Waals surface area contributed by atoms with E-state index in [1.807, 2.05) is 6.07 Å².